The van der Waals surface area contributed by atoms with Crippen molar-refractivity contribution in [3.05, 3.63) is 258 Å². The second-order valence-corrected chi connectivity index (χ2v) is 18.7. The molecule has 14 rings (SSSR count). The van der Waals surface area contributed by atoms with Crippen molar-refractivity contribution >= 4 is 49.4 Å². The predicted molar refractivity (Wildman–Crippen MR) is 273 cm³/mol. The van der Waals surface area contributed by atoms with Crippen LogP contribution in [0.1, 0.15) is 47.2 Å². The Morgan fingerprint density at radius 2 is 0.754 bits per heavy atom. The highest BCUT2D eigenvalue weighted by molar-refractivity contribution is 6.26. The lowest BCUT2D eigenvalue weighted by Crippen LogP contribution is -2.26. The van der Waals surface area contributed by atoms with Crippen LogP contribution in [0.15, 0.2) is 224 Å². The average molecular weight is 826 g/mol. The second kappa shape index (κ2) is 13.3. The van der Waals surface area contributed by atoms with Crippen LogP contribution in [-0.2, 0) is 10.8 Å². The van der Waals surface area contributed by atoms with Gasteiger partial charge in [0, 0.05) is 16.7 Å². The zero-order valence-corrected chi connectivity index (χ0v) is 36.3. The molecular formula is C64H43N. The van der Waals surface area contributed by atoms with Gasteiger partial charge < -0.3 is 4.90 Å². The molecule has 0 aromatic heterocycles. The Morgan fingerprint density at radius 1 is 0.292 bits per heavy atom. The average Bonchev–Trinajstić information content (AvgIpc) is 3.92. The van der Waals surface area contributed by atoms with E-state index in [2.05, 4.69) is 243 Å². The fourth-order valence-corrected chi connectivity index (χ4v) is 12.6. The Hall–Kier alpha value is -8.00. The summed E-state index contributed by atoms with van der Waals surface area (Å²) in [4.78, 5) is 2.63. The number of anilines is 3. The summed E-state index contributed by atoms with van der Waals surface area (Å²) in [6.45, 7) is 4.83. The molecule has 304 valence electrons. The van der Waals surface area contributed by atoms with Gasteiger partial charge in [0.05, 0.1) is 16.8 Å². The van der Waals surface area contributed by atoms with E-state index in [0.717, 1.165) is 11.4 Å². The molecule has 0 bridgehead atoms. The number of fused-ring (bicyclic) bond motifs is 19. The zero-order chi connectivity index (χ0) is 43.0. The molecule has 65 heavy (non-hydrogen) atoms. The SMILES string of the molecule is CC1(C)c2ccccc2-c2cccc(N(c3ccc4c5ccccc5c5ccccc5c4c3)c3cc4c(cc3-c3ccccc3)-c3ccccc3C43c4ccccc4-c4ccccc43)c21. The highest BCUT2D eigenvalue weighted by Gasteiger charge is 2.52. The van der Waals surface area contributed by atoms with Crippen molar-refractivity contribution in [3.63, 3.8) is 0 Å². The summed E-state index contributed by atoms with van der Waals surface area (Å²) in [6.07, 6.45) is 0. The van der Waals surface area contributed by atoms with E-state index < -0.39 is 5.41 Å². The Kier molecular flexibility index (Phi) is 7.45. The first-order valence-corrected chi connectivity index (χ1v) is 22.9. The molecule has 0 amide bonds. The maximum absolute atomic E-state index is 2.63. The fraction of sp³-hybridized carbons (Fsp3) is 0.0625. The third-order valence-corrected chi connectivity index (χ3v) is 15.2. The molecule has 0 aliphatic heterocycles. The van der Waals surface area contributed by atoms with Crippen LogP contribution in [-0.4, -0.2) is 0 Å². The molecule has 0 saturated heterocycles. The molecule has 0 radical (unpaired) electrons. The van der Waals surface area contributed by atoms with E-state index in [9.17, 15) is 0 Å². The smallest absolute Gasteiger partial charge is 0.0726 e. The third kappa shape index (κ3) is 4.77. The summed E-state index contributed by atoms with van der Waals surface area (Å²) in [5.41, 5.74) is 21.0. The molecule has 1 spiro atoms. The number of rotatable bonds is 4. The first-order chi connectivity index (χ1) is 32.0. The Morgan fingerprint density at radius 3 is 1.35 bits per heavy atom. The number of benzene rings is 11. The van der Waals surface area contributed by atoms with Crippen molar-refractivity contribution in [1.29, 1.82) is 0 Å². The van der Waals surface area contributed by atoms with Crippen LogP contribution in [0.2, 0.25) is 0 Å². The van der Waals surface area contributed by atoms with Gasteiger partial charge >= 0.3 is 0 Å². The predicted octanol–water partition coefficient (Wildman–Crippen LogP) is 16.9. The summed E-state index contributed by atoms with van der Waals surface area (Å²) in [5, 5.41) is 7.61. The van der Waals surface area contributed by atoms with Gasteiger partial charge in [-0.1, -0.05) is 208 Å². The van der Waals surface area contributed by atoms with E-state index in [4.69, 9.17) is 0 Å². The van der Waals surface area contributed by atoms with E-state index >= 15 is 0 Å². The maximum Gasteiger partial charge on any atom is 0.0726 e. The van der Waals surface area contributed by atoms with Crippen LogP contribution >= 0.6 is 0 Å². The highest BCUT2D eigenvalue weighted by atomic mass is 15.1. The molecule has 1 nitrogen and oxygen atoms in total. The standard InChI is InChI=1S/C64H43N/c1-63(2)55-30-14-10-27-49(55)51-29-18-34-60(62(51)63)65(41-35-36-46-44-23-7-6-21-42(44)43-22-8-9-24-45(43)53(46)37-41)61-39-59-54(38-52(61)40-19-4-3-5-20-40)50-28-13-17-33-58(50)64(59)56-31-15-11-25-47(56)48-26-12-16-32-57(48)64/h3-39H,1-2H3. The highest BCUT2D eigenvalue weighted by Crippen LogP contribution is 2.65. The van der Waals surface area contributed by atoms with Gasteiger partial charge in [-0.05, 0) is 135 Å². The summed E-state index contributed by atoms with van der Waals surface area (Å²) in [6, 6.07) is 84.8. The van der Waals surface area contributed by atoms with Gasteiger partial charge in [-0.15, -0.1) is 0 Å². The quantitative estimate of drug-likeness (QED) is 0.160. The van der Waals surface area contributed by atoms with Crippen LogP contribution in [0, 0.1) is 0 Å². The normalized spacial score (nSPS) is 14.2. The number of nitrogens with zero attached hydrogens (tertiary/aromatic N) is 1. The van der Waals surface area contributed by atoms with Crippen molar-refractivity contribution in [1.82, 2.24) is 0 Å². The minimum atomic E-state index is -0.499. The minimum Gasteiger partial charge on any atom is -0.310 e. The Labute approximate surface area is 379 Å². The first-order valence-electron chi connectivity index (χ1n) is 22.9. The molecule has 0 heterocycles. The van der Waals surface area contributed by atoms with Crippen molar-refractivity contribution in [2.24, 2.45) is 0 Å². The van der Waals surface area contributed by atoms with Gasteiger partial charge in [-0.3, -0.25) is 0 Å². The monoisotopic (exact) mass is 825 g/mol. The molecule has 0 unspecified atom stereocenters. The third-order valence-electron chi connectivity index (χ3n) is 15.2. The molecule has 11 aromatic rings. The zero-order valence-electron chi connectivity index (χ0n) is 36.3. The Bertz CT molecular complexity index is 3730. The second-order valence-electron chi connectivity index (χ2n) is 18.7. The summed E-state index contributed by atoms with van der Waals surface area (Å²) < 4.78 is 0. The van der Waals surface area contributed by atoms with E-state index in [1.54, 1.807) is 0 Å². The van der Waals surface area contributed by atoms with Crippen LogP contribution < -0.4 is 4.90 Å². The lowest BCUT2D eigenvalue weighted by Gasteiger charge is -2.35. The van der Waals surface area contributed by atoms with E-state index in [1.165, 1.54) is 116 Å². The van der Waals surface area contributed by atoms with Gasteiger partial charge in [0.1, 0.15) is 0 Å². The molecule has 0 fully saturated rings. The van der Waals surface area contributed by atoms with Crippen molar-refractivity contribution < 1.29 is 0 Å². The largest absolute Gasteiger partial charge is 0.310 e. The maximum atomic E-state index is 2.63. The molecule has 0 N–H and O–H groups in total. The van der Waals surface area contributed by atoms with Gasteiger partial charge in [-0.25, -0.2) is 0 Å². The van der Waals surface area contributed by atoms with E-state index in [1.807, 2.05) is 0 Å². The van der Waals surface area contributed by atoms with Gasteiger partial charge in [0.25, 0.3) is 0 Å². The van der Waals surface area contributed by atoms with Gasteiger partial charge in [0.2, 0.25) is 0 Å². The summed E-state index contributed by atoms with van der Waals surface area (Å²) >= 11 is 0. The minimum absolute atomic E-state index is 0.259. The van der Waals surface area contributed by atoms with E-state index in [-0.39, 0.29) is 5.41 Å². The van der Waals surface area contributed by atoms with Gasteiger partial charge in [-0.2, -0.15) is 0 Å². The first kappa shape index (κ1) is 36.5. The van der Waals surface area contributed by atoms with Crippen molar-refractivity contribution in [2.75, 3.05) is 4.90 Å². The molecule has 3 aliphatic rings. The van der Waals surface area contributed by atoms with Crippen molar-refractivity contribution in [2.45, 2.75) is 24.7 Å². The number of hydrogen-bond acceptors (Lipinski definition) is 1. The molecular weight excluding hydrogens is 783 g/mol. The van der Waals surface area contributed by atoms with Crippen LogP contribution in [0.5, 0.6) is 0 Å². The van der Waals surface area contributed by atoms with Crippen molar-refractivity contribution in [3.8, 4) is 44.5 Å². The van der Waals surface area contributed by atoms with Crippen LogP contribution in [0.4, 0.5) is 17.1 Å². The topological polar surface area (TPSA) is 3.24 Å². The molecule has 0 saturated carbocycles. The lowest BCUT2D eigenvalue weighted by molar-refractivity contribution is 0.661. The van der Waals surface area contributed by atoms with Crippen LogP contribution in [0.25, 0.3) is 76.8 Å². The van der Waals surface area contributed by atoms with E-state index in [0.29, 0.717) is 0 Å². The molecule has 0 atom stereocenters. The number of hydrogen-bond donors (Lipinski definition) is 0. The fourth-order valence-electron chi connectivity index (χ4n) is 12.6. The summed E-state index contributed by atoms with van der Waals surface area (Å²) in [5.74, 6) is 0. The van der Waals surface area contributed by atoms with Crippen LogP contribution in [0.3, 0.4) is 0 Å². The van der Waals surface area contributed by atoms with Gasteiger partial charge in [0.15, 0.2) is 0 Å². The molecule has 3 aliphatic carbocycles. The Balaban J connectivity index is 1.15. The molecule has 11 aromatic carbocycles. The summed E-state index contributed by atoms with van der Waals surface area (Å²) in [7, 11) is 0. The molecule has 1 heteroatoms. The lowest BCUT2D eigenvalue weighted by atomic mass is 9.70.